The van der Waals surface area contributed by atoms with Crippen LogP contribution in [-0.4, -0.2) is 25.3 Å². The van der Waals surface area contributed by atoms with Crippen molar-refractivity contribution in [3.8, 4) is 11.5 Å². The summed E-state index contributed by atoms with van der Waals surface area (Å²) in [6, 6.07) is 14.3. The van der Waals surface area contributed by atoms with Crippen LogP contribution in [0, 0.1) is 0 Å². The zero-order valence-electron chi connectivity index (χ0n) is 12.8. The second-order valence-electron chi connectivity index (χ2n) is 4.76. The van der Waals surface area contributed by atoms with E-state index in [9.17, 15) is 9.90 Å². The number of benzene rings is 2. The maximum absolute atomic E-state index is 11.7. The lowest BCUT2D eigenvalue weighted by Crippen LogP contribution is -2.02. The van der Waals surface area contributed by atoms with Crippen LogP contribution in [0.4, 0.5) is 0 Å². The van der Waals surface area contributed by atoms with Crippen LogP contribution < -0.4 is 9.47 Å². The van der Waals surface area contributed by atoms with E-state index in [2.05, 4.69) is 0 Å². The van der Waals surface area contributed by atoms with E-state index in [1.807, 2.05) is 24.3 Å². The Morgan fingerprint density at radius 1 is 0.818 bits per heavy atom. The van der Waals surface area contributed by atoms with Crippen LogP contribution in [0.3, 0.4) is 0 Å². The van der Waals surface area contributed by atoms with E-state index in [0.717, 1.165) is 11.3 Å². The van der Waals surface area contributed by atoms with Crippen molar-refractivity contribution in [1.29, 1.82) is 0 Å². The van der Waals surface area contributed by atoms with Crippen LogP contribution in [0.2, 0.25) is 0 Å². The van der Waals surface area contributed by atoms with Gasteiger partial charge < -0.3 is 14.6 Å². The summed E-state index contributed by atoms with van der Waals surface area (Å²) in [5.74, 6) is 0.465. The normalized spacial score (nSPS) is 11.6. The largest absolute Gasteiger partial charge is 0.497 e. The third kappa shape index (κ3) is 3.28. The van der Waals surface area contributed by atoms with Gasteiger partial charge >= 0.3 is 5.97 Å². The summed E-state index contributed by atoms with van der Waals surface area (Å²) in [5, 5.41) is 9.57. The Morgan fingerprint density at radius 2 is 1.23 bits per heavy atom. The van der Waals surface area contributed by atoms with Crippen LogP contribution in [0.1, 0.15) is 18.1 Å². The Balaban J connectivity index is 2.49. The minimum atomic E-state index is -0.960. The van der Waals surface area contributed by atoms with E-state index in [1.165, 1.54) is 0 Å². The molecule has 0 aliphatic rings. The second kappa shape index (κ2) is 6.80. The van der Waals surface area contributed by atoms with Gasteiger partial charge in [-0.05, 0) is 47.9 Å². The summed E-state index contributed by atoms with van der Waals surface area (Å²) in [5.41, 5.74) is 2.45. The van der Waals surface area contributed by atoms with E-state index in [1.54, 1.807) is 45.4 Å². The van der Waals surface area contributed by atoms with E-state index in [0.29, 0.717) is 16.9 Å². The molecule has 0 spiro atoms. The van der Waals surface area contributed by atoms with Gasteiger partial charge in [0, 0.05) is 0 Å². The maximum Gasteiger partial charge on any atom is 0.336 e. The van der Waals surface area contributed by atoms with Gasteiger partial charge in [-0.25, -0.2) is 4.79 Å². The van der Waals surface area contributed by atoms with Gasteiger partial charge in [0.1, 0.15) is 11.5 Å². The molecule has 0 atom stereocenters. The molecule has 4 nitrogen and oxygen atoms in total. The predicted molar refractivity (Wildman–Crippen MR) is 86.1 cm³/mol. The van der Waals surface area contributed by atoms with Gasteiger partial charge in [-0.2, -0.15) is 0 Å². The number of hydrogen-bond acceptors (Lipinski definition) is 3. The first-order valence-electron chi connectivity index (χ1n) is 6.80. The monoisotopic (exact) mass is 298 g/mol. The standard InChI is InChI=1S/C18H18O4/c1-12(13-4-8-15(21-2)9-5-13)17(18(19)20)14-6-10-16(22-3)11-7-14/h4-11H,1-3H3,(H,19,20)/b17-12-. The molecule has 0 heterocycles. The molecule has 22 heavy (non-hydrogen) atoms. The van der Waals surface area contributed by atoms with Crippen molar-refractivity contribution < 1.29 is 19.4 Å². The highest BCUT2D eigenvalue weighted by Gasteiger charge is 2.15. The number of ether oxygens (including phenoxy) is 2. The molecule has 0 fully saturated rings. The summed E-state index contributed by atoms with van der Waals surface area (Å²) in [6.07, 6.45) is 0. The molecular weight excluding hydrogens is 280 g/mol. The van der Waals surface area contributed by atoms with Gasteiger partial charge in [-0.3, -0.25) is 0 Å². The number of methoxy groups -OCH3 is 2. The Labute approximate surface area is 129 Å². The van der Waals surface area contributed by atoms with E-state index >= 15 is 0 Å². The van der Waals surface area contributed by atoms with Gasteiger partial charge in [-0.1, -0.05) is 24.3 Å². The number of rotatable bonds is 5. The average molecular weight is 298 g/mol. The van der Waals surface area contributed by atoms with E-state index < -0.39 is 5.97 Å². The quantitative estimate of drug-likeness (QED) is 0.675. The van der Waals surface area contributed by atoms with Crippen molar-refractivity contribution in [2.24, 2.45) is 0 Å². The van der Waals surface area contributed by atoms with Gasteiger partial charge in [-0.15, -0.1) is 0 Å². The number of carboxylic acid groups (broad SMARTS) is 1. The number of allylic oxidation sites excluding steroid dienone is 1. The molecule has 0 aliphatic heterocycles. The number of carboxylic acids is 1. The minimum Gasteiger partial charge on any atom is -0.497 e. The van der Waals surface area contributed by atoms with Gasteiger partial charge in [0.25, 0.3) is 0 Å². The van der Waals surface area contributed by atoms with E-state index in [-0.39, 0.29) is 5.57 Å². The molecule has 0 aromatic heterocycles. The van der Waals surface area contributed by atoms with Crippen molar-refractivity contribution in [2.45, 2.75) is 6.92 Å². The van der Waals surface area contributed by atoms with Crippen molar-refractivity contribution in [1.82, 2.24) is 0 Å². The minimum absolute atomic E-state index is 0.271. The van der Waals surface area contributed by atoms with Crippen LogP contribution >= 0.6 is 0 Å². The summed E-state index contributed by atoms with van der Waals surface area (Å²) in [7, 11) is 3.17. The third-order valence-electron chi connectivity index (χ3n) is 3.49. The fraction of sp³-hybridized carbons (Fsp3) is 0.167. The highest BCUT2D eigenvalue weighted by molar-refractivity contribution is 6.23. The Morgan fingerprint density at radius 3 is 1.59 bits per heavy atom. The lowest BCUT2D eigenvalue weighted by molar-refractivity contribution is -0.130. The molecule has 0 radical (unpaired) electrons. The lowest BCUT2D eigenvalue weighted by Gasteiger charge is -2.10. The second-order valence-corrected chi connectivity index (χ2v) is 4.76. The zero-order valence-corrected chi connectivity index (χ0v) is 12.8. The molecule has 2 aromatic rings. The molecule has 0 saturated heterocycles. The highest BCUT2D eigenvalue weighted by Crippen LogP contribution is 2.28. The predicted octanol–water partition coefficient (Wildman–Crippen LogP) is 3.72. The first-order chi connectivity index (χ1) is 10.6. The van der Waals surface area contributed by atoms with Crippen LogP contribution in [0.25, 0.3) is 11.1 Å². The molecule has 0 saturated carbocycles. The molecule has 0 amide bonds. The van der Waals surface area contributed by atoms with Gasteiger partial charge in [0.15, 0.2) is 0 Å². The molecular formula is C18H18O4. The Hall–Kier alpha value is -2.75. The summed E-state index contributed by atoms with van der Waals surface area (Å²) < 4.78 is 10.2. The van der Waals surface area contributed by atoms with Gasteiger partial charge in [0.05, 0.1) is 19.8 Å². The van der Waals surface area contributed by atoms with Gasteiger partial charge in [0.2, 0.25) is 0 Å². The smallest absolute Gasteiger partial charge is 0.336 e. The molecule has 1 N–H and O–H groups in total. The maximum atomic E-state index is 11.7. The summed E-state index contributed by atoms with van der Waals surface area (Å²) in [6.45, 7) is 1.80. The Bertz CT molecular complexity index is 682. The fourth-order valence-corrected chi connectivity index (χ4v) is 2.24. The SMILES string of the molecule is COc1ccc(/C(C)=C(\C(=O)O)c2ccc(OC)cc2)cc1. The summed E-state index contributed by atoms with van der Waals surface area (Å²) in [4.78, 5) is 11.7. The number of aliphatic carboxylic acids is 1. The zero-order chi connectivity index (χ0) is 16.1. The molecule has 2 rings (SSSR count). The summed E-state index contributed by atoms with van der Waals surface area (Å²) >= 11 is 0. The number of hydrogen-bond donors (Lipinski definition) is 1. The van der Waals surface area contributed by atoms with Crippen LogP contribution in [0.15, 0.2) is 48.5 Å². The van der Waals surface area contributed by atoms with Crippen molar-refractivity contribution in [3.63, 3.8) is 0 Å². The molecule has 4 heteroatoms. The van der Waals surface area contributed by atoms with Crippen LogP contribution in [-0.2, 0) is 4.79 Å². The van der Waals surface area contributed by atoms with Crippen molar-refractivity contribution in [2.75, 3.05) is 14.2 Å². The first-order valence-corrected chi connectivity index (χ1v) is 6.80. The Kier molecular flexibility index (Phi) is 4.84. The molecule has 114 valence electrons. The first kappa shape index (κ1) is 15.6. The molecule has 0 aliphatic carbocycles. The topological polar surface area (TPSA) is 55.8 Å². The highest BCUT2D eigenvalue weighted by atomic mass is 16.5. The lowest BCUT2D eigenvalue weighted by atomic mass is 9.95. The third-order valence-corrected chi connectivity index (χ3v) is 3.49. The average Bonchev–Trinajstić information content (AvgIpc) is 2.55. The molecule has 2 aromatic carbocycles. The van der Waals surface area contributed by atoms with Crippen LogP contribution in [0.5, 0.6) is 11.5 Å². The molecule has 0 bridgehead atoms. The molecule has 0 unspecified atom stereocenters. The fourth-order valence-electron chi connectivity index (χ4n) is 2.24. The van der Waals surface area contributed by atoms with Crippen molar-refractivity contribution in [3.05, 3.63) is 59.7 Å². The van der Waals surface area contributed by atoms with Crippen molar-refractivity contribution >= 4 is 17.1 Å². The van der Waals surface area contributed by atoms with E-state index in [4.69, 9.17) is 9.47 Å². The number of carbonyl (C=O) groups is 1.